The van der Waals surface area contributed by atoms with Crippen molar-refractivity contribution in [2.75, 3.05) is 11.9 Å². The van der Waals surface area contributed by atoms with Crippen molar-refractivity contribution in [1.82, 2.24) is 20.1 Å². The summed E-state index contributed by atoms with van der Waals surface area (Å²) in [5, 5.41) is 10.7. The van der Waals surface area contributed by atoms with Crippen molar-refractivity contribution < 1.29 is 4.79 Å². The van der Waals surface area contributed by atoms with E-state index < -0.39 is 0 Å². The average Bonchev–Trinajstić information content (AvgIpc) is 3.28. The average molecular weight is 396 g/mol. The van der Waals surface area contributed by atoms with Gasteiger partial charge in [-0.3, -0.25) is 20.1 Å². The smallest absolute Gasteiger partial charge is 0.277 e. The number of fused-ring (bicyclic) bond motifs is 1. The minimum atomic E-state index is -0.210. The first-order valence-corrected chi connectivity index (χ1v) is 10.5. The molecule has 0 atom stereocenters. The van der Waals surface area contributed by atoms with E-state index in [0.29, 0.717) is 16.7 Å². The van der Waals surface area contributed by atoms with Crippen LogP contribution < -0.4 is 5.32 Å². The fourth-order valence-corrected chi connectivity index (χ4v) is 4.51. The Kier molecular flexibility index (Phi) is 5.54. The molecule has 2 aromatic heterocycles. The molecule has 3 heterocycles. The number of benzene rings is 1. The Balaban J connectivity index is 1.39. The summed E-state index contributed by atoms with van der Waals surface area (Å²) in [5.41, 5.74) is 3.82. The summed E-state index contributed by atoms with van der Waals surface area (Å²) in [6, 6.07) is 12.3. The van der Waals surface area contributed by atoms with Crippen LogP contribution in [0.15, 0.2) is 36.4 Å². The van der Waals surface area contributed by atoms with Crippen LogP contribution in [-0.4, -0.2) is 32.5 Å². The highest BCUT2D eigenvalue weighted by molar-refractivity contribution is 7.15. The van der Waals surface area contributed by atoms with Crippen molar-refractivity contribution in [3.8, 4) is 0 Å². The summed E-state index contributed by atoms with van der Waals surface area (Å²) in [4.78, 5) is 20.8. The molecule has 28 heavy (non-hydrogen) atoms. The molecule has 0 saturated carbocycles. The van der Waals surface area contributed by atoms with Crippen LogP contribution in [0.1, 0.15) is 46.2 Å². The van der Waals surface area contributed by atoms with E-state index in [9.17, 15) is 4.79 Å². The minimum absolute atomic E-state index is 0.210. The Morgan fingerprint density at radius 2 is 2.14 bits per heavy atom. The molecular formula is C21H25N5OS. The molecule has 1 aromatic carbocycles. The van der Waals surface area contributed by atoms with Gasteiger partial charge in [0.1, 0.15) is 0 Å². The Morgan fingerprint density at radius 1 is 1.32 bits per heavy atom. The normalized spacial score (nSPS) is 14.2. The Bertz CT molecular complexity index is 947. The van der Waals surface area contributed by atoms with Crippen LogP contribution in [0.5, 0.6) is 0 Å². The van der Waals surface area contributed by atoms with E-state index in [1.54, 1.807) is 11.3 Å². The van der Waals surface area contributed by atoms with Gasteiger partial charge in [0.2, 0.25) is 0 Å². The lowest BCUT2D eigenvalue weighted by Crippen LogP contribution is -2.29. The van der Waals surface area contributed by atoms with Gasteiger partial charge in [-0.05, 0) is 24.0 Å². The summed E-state index contributed by atoms with van der Waals surface area (Å²) >= 11 is 1.57. The van der Waals surface area contributed by atoms with E-state index in [-0.39, 0.29) is 5.91 Å². The Morgan fingerprint density at radius 3 is 2.93 bits per heavy atom. The second-order valence-corrected chi connectivity index (χ2v) is 8.75. The third-order valence-electron chi connectivity index (χ3n) is 4.77. The molecule has 0 fully saturated rings. The first-order valence-electron chi connectivity index (χ1n) is 9.67. The van der Waals surface area contributed by atoms with Crippen LogP contribution in [0.25, 0.3) is 0 Å². The van der Waals surface area contributed by atoms with Crippen molar-refractivity contribution in [1.29, 1.82) is 0 Å². The molecule has 0 saturated heterocycles. The van der Waals surface area contributed by atoms with Gasteiger partial charge >= 0.3 is 0 Å². The zero-order valence-corrected chi connectivity index (χ0v) is 17.1. The highest BCUT2D eigenvalue weighted by Gasteiger charge is 2.22. The van der Waals surface area contributed by atoms with Gasteiger partial charge in [-0.1, -0.05) is 44.2 Å². The van der Waals surface area contributed by atoms with Crippen LogP contribution in [0, 0.1) is 5.92 Å². The third-order valence-corrected chi connectivity index (χ3v) is 5.77. The van der Waals surface area contributed by atoms with Gasteiger partial charge in [0, 0.05) is 36.6 Å². The lowest BCUT2D eigenvalue weighted by molar-refractivity contribution is 0.102. The molecule has 0 bridgehead atoms. The lowest BCUT2D eigenvalue weighted by Gasteiger charge is -2.25. The highest BCUT2D eigenvalue weighted by atomic mass is 32.1. The summed E-state index contributed by atoms with van der Waals surface area (Å²) < 4.78 is 0. The van der Waals surface area contributed by atoms with E-state index in [4.69, 9.17) is 0 Å². The Labute approximate surface area is 169 Å². The molecule has 1 aliphatic rings. The maximum Gasteiger partial charge on any atom is 0.277 e. The molecule has 6 nitrogen and oxygen atoms in total. The van der Waals surface area contributed by atoms with Crippen LogP contribution in [0.2, 0.25) is 0 Å². The Hall–Kier alpha value is -2.51. The van der Waals surface area contributed by atoms with Gasteiger partial charge in [0.05, 0.1) is 5.69 Å². The highest BCUT2D eigenvalue weighted by Crippen LogP contribution is 2.29. The number of hydrogen-bond donors (Lipinski definition) is 2. The van der Waals surface area contributed by atoms with Crippen LogP contribution in [0.3, 0.4) is 0 Å². The first-order chi connectivity index (χ1) is 13.6. The maximum atomic E-state index is 12.5. The number of amides is 1. The number of anilines is 1. The minimum Gasteiger partial charge on any atom is -0.296 e. The van der Waals surface area contributed by atoms with Gasteiger partial charge in [0.15, 0.2) is 10.8 Å². The summed E-state index contributed by atoms with van der Waals surface area (Å²) in [6.07, 6.45) is 1.79. The standard InChI is InChI=1S/C21H25N5OS/c1-14(2)10-16-11-18(25-24-16)20(27)23-21-22-17-8-9-26(13-19(17)28-21)12-15-6-4-3-5-7-15/h3-7,11,14H,8-10,12-13H2,1-2H3,(H,24,25)(H,22,23,27). The fraction of sp³-hybridized carbons (Fsp3) is 0.381. The van der Waals surface area contributed by atoms with Crippen LogP contribution >= 0.6 is 11.3 Å². The number of aromatic nitrogens is 3. The molecule has 1 amide bonds. The number of thiazole rings is 1. The van der Waals surface area contributed by atoms with Crippen molar-refractivity contribution in [3.05, 3.63) is 63.9 Å². The summed E-state index contributed by atoms with van der Waals surface area (Å²) in [7, 11) is 0. The van der Waals surface area contributed by atoms with Gasteiger partial charge in [0.25, 0.3) is 5.91 Å². The zero-order valence-electron chi connectivity index (χ0n) is 16.2. The first kappa shape index (κ1) is 18.8. The molecule has 0 spiro atoms. The molecule has 4 rings (SSSR count). The lowest BCUT2D eigenvalue weighted by atomic mass is 10.1. The summed E-state index contributed by atoms with van der Waals surface area (Å²) in [5.74, 6) is 0.305. The molecule has 1 aliphatic heterocycles. The number of rotatable bonds is 6. The largest absolute Gasteiger partial charge is 0.296 e. The number of H-pyrrole nitrogens is 1. The second kappa shape index (κ2) is 8.24. The van der Waals surface area contributed by atoms with Crippen molar-refractivity contribution in [3.63, 3.8) is 0 Å². The molecular weight excluding hydrogens is 370 g/mol. The molecule has 0 radical (unpaired) electrons. The molecule has 2 N–H and O–H groups in total. The quantitative estimate of drug-likeness (QED) is 0.664. The number of nitrogens with one attached hydrogen (secondary N) is 2. The second-order valence-electron chi connectivity index (χ2n) is 7.67. The van der Waals surface area contributed by atoms with Crippen LogP contribution in [-0.2, 0) is 25.9 Å². The zero-order chi connectivity index (χ0) is 19.5. The monoisotopic (exact) mass is 395 g/mol. The molecule has 7 heteroatoms. The summed E-state index contributed by atoms with van der Waals surface area (Å²) in [6.45, 7) is 7.07. The predicted molar refractivity (Wildman–Crippen MR) is 111 cm³/mol. The maximum absolute atomic E-state index is 12.5. The number of aromatic amines is 1. The SMILES string of the molecule is CC(C)Cc1cc(C(=O)Nc2nc3c(s2)CN(Cc2ccccc2)CC3)n[nH]1. The van der Waals surface area contributed by atoms with E-state index in [0.717, 1.165) is 43.9 Å². The number of hydrogen-bond acceptors (Lipinski definition) is 5. The van der Waals surface area contributed by atoms with Crippen molar-refractivity contribution in [2.45, 2.75) is 39.8 Å². The van der Waals surface area contributed by atoms with E-state index in [1.165, 1.54) is 10.4 Å². The predicted octanol–water partition coefficient (Wildman–Crippen LogP) is 3.88. The van der Waals surface area contributed by atoms with Crippen LogP contribution in [0.4, 0.5) is 5.13 Å². The van der Waals surface area contributed by atoms with Gasteiger partial charge < -0.3 is 0 Å². The third kappa shape index (κ3) is 4.48. The van der Waals surface area contributed by atoms with Gasteiger partial charge in [-0.25, -0.2) is 4.98 Å². The molecule has 146 valence electrons. The van der Waals surface area contributed by atoms with E-state index in [1.807, 2.05) is 12.1 Å². The molecule has 0 aliphatic carbocycles. The number of carbonyl (C=O) groups is 1. The number of nitrogens with zero attached hydrogens (tertiary/aromatic N) is 3. The topological polar surface area (TPSA) is 73.9 Å². The van der Waals surface area contributed by atoms with Crippen molar-refractivity contribution in [2.24, 2.45) is 5.92 Å². The number of carbonyl (C=O) groups excluding carboxylic acids is 1. The van der Waals surface area contributed by atoms with E-state index >= 15 is 0 Å². The fourth-order valence-electron chi connectivity index (χ4n) is 3.46. The molecule has 3 aromatic rings. The van der Waals surface area contributed by atoms with Gasteiger partial charge in [-0.15, -0.1) is 11.3 Å². The van der Waals surface area contributed by atoms with E-state index in [2.05, 4.69) is 63.5 Å². The van der Waals surface area contributed by atoms with Gasteiger partial charge in [-0.2, -0.15) is 5.10 Å². The molecule has 0 unspecified atom stereocenters. The van der Waals surface area contributed by atoms with Crippen molar-refractivity contribution >= 4 is 22.4 Å².